The molecular formula is C12H21NO2. The highest BCUT2D eigenvalue weighted by atomic mass is 16.6. The van der Waals surface area contributed by atoms with E-state index < -0.39 is 0 Å². The first-order valence-corrected chi connectivity index (χ1v) is 5.88. The standard InChI is InChI=1S/C12H21NO2/c1-11(2,3)15-10(14)12-6-4-9(5-7-12)13-8-12/h9,13H,4-8H2,1-3H3. The number of esters is 1. The van der Waals surface area contributed by atoms with Gasteiger partial charge in [0.1, 0.15) is 5.60 Å². The Labute approximate surface area is 91.6 Å². The number of hydrogen-bond donors (Lipinski definition) is 1. The van der Waals surface area contributed by atoms with Crippen molar-refractivity contribution in [2.75, 3.05) is 6.54 Å². The molecule has 1 N–H and O–H groups in total. The number of ether oxygens (including phenoxy) is 1. The van der Waals surface area contributed by atoms with Crippen molar-refractivity contribution >= 4 is 5.97 Å². The van der Waals surface area contributed by atoms with E-state index in [1.165, 1.54) is 0 Å². The van der Waals surface area contributed by atoms with E-state index in [1.807, 2.05) is 20.8 Å². The predicted octanol–water partition coefficient (Wildman–Crippen LogP) is 1.86. The molecule has 2 heterocycles. The van der Waals surface area contributed by atoms with Gasteiger partial charge in [-0.05, 0) is 46.5 Å². The van der Waals surface area contributed by atoms with Crippen molar-refractivity contribution in [3.63, 3.8) is 0 Å². The third-order valence-corrected chi connectivity index (χ3v) is 3.50. The molecule has 2 bridgehead atoms. The summed E-state index contributed by atoms with van der Waals surface area (Å²) in [5.41, 5.74) is -0.581. The second kappa shape index (κ2) is 3.48. The Morgan fingerprint density at radius 3 is 2.33 bits per heavy atom. The van der Waals surface area contributed by atoms with E-state index in [2.05, 4.69) is 5.32 Å². The van der Waals surface area contributed by atoms with Crippen LogP contribution in [0, 0.1) is 5.41 Å². The number of rotatable bonds is 1. The highest BCUT2D eigenvalue weighted by Gasteiger charge is 2.47. The lowest BCUT2D eigenvalue weighted by Gasteiger charge is -2.45. The zero-order chi connectivity index (χ0) is 11.1. The third kappa shape index (κ3) is 2.17. The molecule has 1 saturated carbocycles. The average molecular weight is 211 g/mol. The van der Waals surface area contributed by atoms with Gasteiger partial charge in [-0.25, -0.2) is 0 Å². The minimum Gasteiger partial charge on any atom is -0.460 e. The molecule has 0 aromatic heterocycles. The van der Waals surface area contributed by atoms with E-state index in [4.69, 9.17) is 4.74 Å². The largest absolute Gasteiger partial charge is 0.460 e. The molecule has 0 aromatic carbocycles. The lowest BCUT2D eigenvalue weighted by Crippen LogP contribution is -2.56. The molecule has 0 spiro atoms. The number of carbonyl (C=O) groups is 1. The maximum Gasteiger partial charge on any atom is 0.313 e. The van der Waals surface area contributed by atoms with Crippen molar-refractivity contribution in [2.24, 2.45) is 5.41 Å². The fourth-order valence-electron chi connectivity index (χ4n) is 2.55. The van der Waals surface area contributed by atoms with Gasteiger partial charge in [0, 0.05) is 12.6 Å². The van der Waals surface area contributed by atoms with Gasteiger partial charge in [-0.2, -0.15) is 0 Å². The first-order chi connectivity index (χ1) is 6.91. The molecule has 15 heavy (non-hydrogen) atoms. The van der Waals surface area contributed by atoms with Crippen LogP contribution in [0.3, 0.4) is 0 Å². The molecule has 0 atom stereocenters. The Morgan fingerprint density at radius 2 is 1.93 bits per heavy atom. The molecule has 86 valence electrons. The summed E-state index contributed by atoms with van der Waals surface area (Å²) in [6, 6.07) is 0.648. The summed E-state index contributed by atoms with van der Waals surface area (Å²) in [5.74, 6) is 0.000602. The highest BCUT2D eigenvalue weighted by Crippen LogP contribution is 2.41. The van der Waals surface area contributed by atoms with Crippen LogP contribution in [0.25, 0.3) is 0 Å². The number of nitrogens with one attached hydrogen (secondary N) is 1. The number of carbonyl (C=O) groups excluding carboxylic acids is 1. The molecule has 0 amide bonds. The predicted molar refractivity (Wildman–Crippen MR) is 58.5 cm³/mol. The lowest BCUT2D eigenvalue weighted by atomic mass is 9.68. The Hall–Kier alpha value is -0.570. The molecule has 0 radical (unpaired) electrons. The second-order valence-electron chi connectivity index (χ2n) is 5.94. The van der Waals surface area contributed by atoms with Gasteiger partial charge in [-0.1, -0.05) is 0 Å². The summed E-state index contributed by atoms with van der Waals surface area (Å²) in [6.07, 6.45) is 4.25. The van der Waals surface area contributed by atoms with Crippen molar-refractivity contribution < 1.29 is 9.53 Å². The molecule has 0 aromatic rings. The topological polar surface area (TPSA) is 38.3 Å². The van der Waals surface area contributed by atoms with Gasteiger partial charge >= 0.3 is 5.97 Å². The lowest BCUT2D eigenvalue weighted by molar-refractivity contribution is -0.172. The van der Waals surface area contributed by atoms with Crippen molar-refractivity contribution in [3.05, 3.63) is 0 Å². The van der Waals surface area contributed by atoms with E-state index in [-0.39, 0.29) is 17.0 Å². The molecule has 3 heteroatoms. The Kier molecular flexibility index (Phi) is 2.53. The van der Waals surface area contributed by atoms with Crippen molar-refractivity contribution in [1.29, 1.82) is 0 Å². The molecule has 0 unspecified atom stereocenters. The maximum absolute atomic E-state index is 12.1. The Bertz CT molecular complexity index is 246. The third-order valence-electron chi connectivity index (χ3n) is 3.50. The molecule has 3 fully saturated rings. The molecule has 3 nitrogen and oxygen atoms in total. The van der Waals surface area contributed by atoms with Crippen LogP contribution < -0.4 is 5.32 Å². The summed E-state index contributed by atoms with van der Waals surface area (Å²) in [6.45, 7) is 6.61. The van der Waals surface area contributed by atoms with Gasteiger partial charge in [0.25, 0.3) is 0 Å². The van der Waals surface area contributed by atoms with Gasteiger partial charge < -0.3 is 10.1 Å². The van der Waals surface area contributed by atoms with Gasteiger partial charge in [-0.3, -0.25) is 4.79 Å². The van der Waals surface area contributed by atoms with E-state index in [9.17, 15) is 4.79 Å². The van der Waals surface area contributed by atoms with Crippen molar-refractivity contribution in [3.8, 4) is 0 Å². The maximum atomic E-state index is 12.1. The molecular weight excluding hydrogens is 190 g/mol. The van der Waals surface area contributed by atoms with Crippen molar-refractivity contribution in [1.82, 2.24) is 5.32 Å². The van der Waals surface area contributed by atoms with E-state index in [0.717, 1.165) is 32.2 Å². The fourth-order valence-corrected chi connectivity index (χ4v) is 2.55. The minimum atomic E-state index is -0.361. The molecule has 2 saturated heterocycles. The smallest absolute Gasteiger partial charge is 0.313 e. The summed E-state index contributed by atoms with van der Waals surface area (Å²) in [5, 5.41) is 3.43. The van der Waals surface area contributed by atoms with E-state index >= 15 is 0 Å². The second-order valence-corrected chi connectivity index (χ2v) is 5.94. The number of fused-ring (bicyclic) bond motifs is 3. The van der Waals surface area contributed by atoms with Gasteiger partial charge in [0.2, 0.25) is 0 Å². The SMILES string of the molecule is CC(C)(C)OC(=O)C12CCC(CC1)NC2. The normalized spacial score (nSPS) is 35.3. The van der Waals surface area contributed by atoms with Crippen LogP contribution in [0.2, 0.25) is 0 Å². The van der Waals surface area contributed by atoms with Crippen LogP contribution in [0.5, 0.6) is 0 Å². The summed E-state index contributed by atoms with van der Waals surface area (Å²) < 4.78 is 5.52. The fraction of sp³-hybridized carbons (Fsp3) is 0.917. The van der Waals surface area contributed by atoms with E-state index in [0.29, 0.717) is 6.04 Å². The van der Waals surface area contributed by atoms with Gasteiger partial charge in [-0.15, -0.1) is 0 Å². The average Bonchev–Trinajstić information content (AvgIpc) is 2.18. The van der Waals surface area contributed by atoms with Gasteiger partial charge in [0.15, 0.2) is 0 Å². The summed E-state index contributed by atoms with van der Waals surface area (Å²) in [7, 11) is 0. The molecule has 3 aliphatic rings. The Balaban J connectivity index is 2.05. The Morgan fingerprint density at radius 1 is 1.33 bits per heavy atom. The zero-order valence-electron chi connectivity index (χ0n) is 9.93. The van der Waals surface area contributed by atoms with Crippen LogP contribution in [-0.4, -0.2) is 24.2 Å². The quantitative estimate of drug-likeness (QED) is 0.673. The van der Waals surface area contributed by atoms with Crippen LogP contribution in [-0.2, 0) is 9.53 Å². The highest BCUT2D eigenvalue weighted by molar-refractivity contribution is 5.78. The van der Waals surface area contributed by atoms with E-state index in [1.54, 1.807) is 0 Å². The van der Waals surface area contributed by atoms with Crippen LogP contribution in [0.4, 0.5) is 0 Å². The van der Waals surface area contributed by atoms with Crippen LogP contribution in [0.15, 0.2) is 0 Å². The zero-order valence-corrected chi connectivity index (χ0v) is 9.93. The minimum absolute atomic E-state index is 0.000602. The monoisotopic (exact) mass is 211 g/mol. The van der Waals surface area contributed by atoms with Crippen molar-refractivity contribution in [2.45, 2.75) is 58.1 Å². The van der Waals surface area contributed by atoms with Gasteiger partial charge in [0.05, 0.1) is 5.41 Å². The summed E-state index contributed by atoms with van der Waals surface area (Å²) in [4.78, 5) is 12.1. The van der Waals surface area contributed by atoms with Crippen LogP contribution >= 0.6 is 0 Å². The number of hydrogen-bond acceptors (Lipinski definition) is 3. The molecule has 2 aliphatic heterocycles. The molecule has 3 rings (SSSR count). The molecule has 1 aliphatic carbocycles. The number of piperidine rings is 2. The summed E-state index contributed by atoms with van der Waals surface area (Å²) >= 11 is 0. The first-order valence-electron chi connectivity index (χ1n) is 5.88. The first kappa shape index (κ1) is 10.9. The van der Waals surface area contributed by atoms with Crippen LogP contribution in [0.1, 0.15) is 46.5 Å².